The van der Waals surface area contributed by atoms with Crippen molar-refractivity contribution in [3.8, 4) is 11.5 Å². The molecule has 160 valence electrons. The molecule has 0 fully saturated rings. The molecular weight excluding hydrogens is 438 g/mol. The molecule has 0 radical (unpaired) electrons. The molecule has 4 rings (SSSR count). The lowest BCUT2D eigenvalue weighted by molar-refractivity contribution is -0.132. The Morgan fingerprint density at radius 2 is 1.84 bits per heavy atom. The van der Waals surface area contributed by atoms with E-state index in [1.807, 2.05) is 30.3 Å². The van der Waals surface area contributed by atoms with Gasteiger partial charge in [-0.2, -0.15) is 5.10 Å². The van der Waals surface area contributed by atoms with Crippen LogP contribution in [0.25, 0.3) is 0 Å². The average molecular weight is 458 g/mol. The second kappa shape index (κ2) is 9.03. The van der Waals surface area contributed by atoms with Crippen LogP contribution in [0.3, 0.4) is 0 Å². The van der Waals surface area contributed by atoms with Gasteiger partial charge in [0, 0.05) is 17.1 Å². The van der Waals surface area contributed by atoms with E-state index in [4.69, 9.17) is 30.8 Å². The van der Waals surface area contributed by atoms with Crippen molar-refractivity contribution >= 4 is 45.8 Å². The Balaban J connectivity index is 1.76. The third-order valence-electron chi connectivity index (χ3n) is 4.84. The van der Waals surface area contributed by atoms with Crippen LogP contribution in [0.5, 0.6) is 11.5 Å². The molecule has 2 aromatic carbocycles. The number of aliphatic imine (C=N–C) groups is 1. The number of esters is 1. The molecule has 9 heteroatoms. The lowest BCUT2D eigenvalue weighted by Gasteiger charge is -2.20. The molecular formula is C22H20ClN3O4S. The highest BCUT2D eigenvalue weighted by Crippen LogP contribution is 2.37. The van der Waals surface area contributed by atoms with E-state index in [9.17, 15) is 4.79 Å². The number of halogens is 1. The average Bonchev–Trinajstić information content (AvgIpc) is 3.22. The molecule has 2 aliphatic heterocycles. The lowest BCUT2D eigenvalue weighted by Crippen LogP contribution is -2.15. The summed E-state index contributed by atoms with van der Waals surface area (Å²) in [5.74, 6) is 0.823. The van der Waals surface area contributed by atoms with Crippen molar-refractivity contribution in [3.63, 3.8) is 0 Å². The van der Waals surface area contributed by atoms with Crippen molar-refractivity contribution in [1.29, 1.82) is 0 Å². The number of carbonyl (C=O) groups is 1. The number of hydrogen-bond acceptors (Lipinski definition) is 8. The molecule has 31 heavy (non-hydrogen) atoms. The zero-order chi connectivity index (χ0) is 22.0. The SMILES string of the molecule is COC(=O)C1=NN(c2ccc(Cl)cc2)/C(=C\C2=NCCc3cc(OC)c(OC)cc32)S1. The molecule has 0 unspecified atom stereocenters. The fraction of sp³-hybridized carbons (Fsp3) is 0.227. The number of nitrogens with zero attached hydrogens (tertiary/aromatic N) is 3. The number of thioether (sulfide) groups is 1. The summed E-state index contributed by atoms with van der Waals surface area (Å²) < 4.78 is 15.8. The first-order chi connectivity index (χ1) is 15.0. The number of allylic oxidation sites excluding steroid dienone is 1. The Hall–Kier alpha value is -2.97. The number of fused-ring (bicyclic) bond motifs is 1. The highest BCUT2D eigenvalue weighted by Gasteiger charge is 2.29. The van der Waals surface area contributed by atoms with Gasteiger partial charge in [-0.1, -0.05) is 11.6 Å². The fourth-order valence-corrected chi connectivity index (χ4v) is 4.34. The normalized spacial score (nSPS) is 16.5. The van der Waals surface area contributed by atoms with Gasteiger partial charge in [0.2, 0.25) is 5.04 Å². The quantitative estimate of drug-likeness (QED) is 0.624. The van der Waals surface area contributed by atoms with E-state index < -0.39 is 5.97 Å². The zero-order valence-corrected chi connectivity index (χ0v) is 18.8. The van der Waals surface area contributed by atoms with Crippen molar-refractivity contribution in [2.24, 2.45) is 10.1 Å². The van der Waals surface area contributed by atoms with Gasteiger partial charge in [-0.3, -0.25) is 4.99 Å². The van der Waals surface area contributed by atoms with E-state index in [1.54, 1.807) is 31.4 Å². The first-order valence-electron chi connectivity index (χ1n) is 9.46. The number of carbonyl (C=O) groups excluding carboxylic acids is 1. The van der Waals surface area contributed by atoms with Gasteiger partial charge in [0.15, 0.2) is 11.5 Å². The largest absolute Gasteiger partial charge is 0.493 e. The number of hydrogen-bond donors (Lipinski definition) is 0. The second-order valence-electron chi connectivity index (χ2n) is 6.65. The van der Waals surface area contributed by atoms with Crippen molar-refractivity contribution in [3.05, 3.63) is 63.7 Å². The van der Waals surface area contributed by atoms with E-state index in [0.717, 1.165) is 34.0 Å². The Morgan fingerprint density at radius 1 is 1.13 bits per heavy atom. The monoisotopic (exact) mass is 457 g/mol. The van der Waals surface area contributed by atoms with Gasteiger partial charge in [-0.15, -0.1) is 0 Å². The third kappa shape index (κ3) is 4.26. The Kier molecular flexibility index (Phi) is 6.20. The number of ether oxygens (including phenoxy) is 3. The Bertz CT molecular complexity index is 1110. The maximum absolute atomic E-state index is 12.1. The van der Waals surface area contributed by atoms with E-state index in [1.165, 1.54) is 18.9 Å². The maximum Gasteiger partial charge on any atom is 0.365 e. The van der Waals surface area contributed by atoms with E-state index in [0.29, 0.717) is 23.1 Å². The summed E-state index contributed by atoms with van der Waals surface area (Å²) >= 11 is 7.26. The molecule has 7 nitrogen and oxygen atoms in total. The number of anilines is 1. The Morgan fingerprint density at radius 3 is 2.52 bits per heavy atom. The molecule has 0 spiro atoms. The topological polar surface area (TPSA) is 72.7 Å². The highest BCUT2D eigenvalue weighted by atomic mass is 35.5. The van der Waals surface area contributed by atoms with Crippen molar-refractivity contribution < 1.29 is 19.0 Å². The van der Waals surface area contributed by atoms with E-state index in [-0.39, 0.29) is 5.04 Å². The van der Waals surface area contributed by atoms with Gasteiger partial charge in [0.05, 0.1) is 32.7 Å². The van der Waals surface area contributed by atoms with Crippen molar-refractivity contribution in [1.82, 2.24) is 0 Å². The summed E-state index contributed by atoms with van der Waals surface area (Å²) in [7, 11) is 4.56. The number of rotatable bonds is 5. The van der Waals surface area contributed by atoms with Crippen LogP contribution in [-0.4, -0.2) is 44.6 Å². The molecule has 0 aromatic heterocycles. The molecule has 0 N–H and O–H groups in total. The molecule has 2 aliphatic rings. The Labute approximate surface area is 189 Å². The van der Waals surface area contributed by atoms with Gasteiger partial charge >= 0.3 is 5.97 Å². The number of hydrazone groups is 1. The van der Waals surface area contributed by atoms with Crippen LogP contribution in [0.2, 0.25) is 5.02 Å². The predicted molar refractivity (Wildman–Crippen MR) is 124 cm³/mol. The van der Waals surface area contributed by atoms with Gasteiger partial charge in [0.25, 0.3) is 0 Å². The summed E-state index contributed by atoms with van der Waals surface area (Å²) in [6.45, 7) is 0.651. The summed E-state index contributed by atoms with van der Waals surface area (Å²) in [4.78, 5) is 16.8. The van der Waals surface area contributed by atoms with Gasteiger partial charge in [-0.05, 0) is 66.2 Å². The van der Waals surface area contributed by atoms with Crippen molar-refractivity contribution in [2.75, 3.05) is 32.9 Å². The van der Waals surface area contributed by atoms with Gasteiger partial charge < -0.3 is 14.2 Å². The van der Waals surface area contributed by atoms with Crippen LogP contribution >= 0.6 is 23.4 Å². The van der Waals surface area contributed by atoms with E-state index >= 15 is 0 Å². The first-order valence-corrected chi connectivity index (χ1v) is 10.7. The fourth-order valence-electron chi connectivity index (χ4n) is 3.32. The molecule has 2 heterocycles. The molecule has 2 aromatic rings. The molecule has 0 aliphatic carbocycles. The first kappa shape index (κ1) is 21.3. The molecule has 0 atom stereocenters. The minimum atomic E-state index is -0.496. The minimum absolute atomic E-state index is 0.243. The van der Waals surface area contributed by atoms with Crippen molar-refractivity contribution in [2.45, 2.75) is 6.42 Å². The summed E-state index contributed by atoms with van der Waals surface area (Å²) in [5, 5.41) is 7.72. The van der Waals surface area contributed by atoms with Crippen LogP contribution in [0.15, 0.2) is 57.6 Å². The van der Waals surface area contributed by atoms with Crippen LogP contribution in [-0.2, 0) is 16.0 Å². The molecule has 0 amide bonds. The van der Waals surface area contributed by atoms with Gasteiger partial charge in [0.1, 0.15) is 5.03 Å². The molecule has 0 saturated heterocycles. The predicted octanol–water partition coefficient (Wildman–Crippen LogP) is 4.28. The number of methoxy groups -OCH3 is 3. The van der Waals surface area contributed by atoms with Crippen LogP contribution in [0.4, 0.5) is 5.69 Å². The smallest absolute Gasteiger partial charge is 0.365 e. The van der Waals surface area contributed by atoms with Crippen LogP contribution in [0, 0.1) is 0 Å². The molecule has 0 saturated carbocycles. The minimum Gasteiger partial charge on any atom is -0.493 e. The lowest BCUT2D eigenvalue weighted by atomic mass is 9.96. The second-order valence-corrected chi connectivity index (χ2v) is 8.10. The van der Waals surface area contributed by atoms with Gasteiger partial charge in [-0.25, -0.2) is 9.80 Å². The third-order valence-corrected chi connectivity index (χ3v) is 6.03. The van der Waals surface area contributed by atoms with Crippen LogP contribution < -0.4 is 14.5 Å². The maximum atomic E-state index is 12.1. The van der Waals surface area contributed by atoms with E-state index in [2.05, 4.69) is 5.10 Å². The number of benzene rings is 2. The summed E-state index contributed by atoms with van der Waals surface area (Å²) in [6, 6.07) is 11.1. The summed E-state index contributed by atoms with van der Waals surface area (Å²) in [5.41, 5.74) is 3.63. The molecule has 0 bridgehead atoms. The highest BCUT2D eigenvalue weighted by molar-refractivity contribution is 8.19. The summed E-state index contributed by atoms with van der Waals surface area (Å²) in [6.07, 6.45) is 2.73. The standard InChI is InChI=1S/C22H20ClN3O4S/c1-28-18-10-13-8-9-24-17(16(13)11-19(18)29-2)12-20-26(15-6-4-14(23)5-7-15)25-21(31-20)22(27)30-3/h4-7,10-12H,8-9H2,1-3H3/b20-12+. The van der Waals surface area contributed by atoms with Crippen LogP contribution in [0.1, 0.15) is 11.1 Å². The zero-order valence-electron chi connectivity index (χ0n) is 17.2.